The molecule has 0 fully saturated rings. The van der Waals surface area contributed by atoms with E-state index in [1.807, 2.05) is 6.92 Å². The molecule has 0 saturated heterocycles. The molecule has 1 N–H and O–H groups in total. The third-order valence-electron chi connectivity index (χ3n) is 1.72. The summed E-state index contributed by atoms with van der Waals surface area (Å²) in [5.41, 5.74) is 5.01. The van der Waals surface area contributed by atoms with E-state index in [1.54, 1.807) is 6.26 Å². The first-order valence-electron chi connectivity index (χ1n) is 3.53. The van der Waals surface area contributed by atoms with Crippen molar-refractivity contribution in [3.05, 3.63) is 18.4 Å². The van der Waals surface area contributed by atoms with Crippen LogP contribution in [0, 0.1) is 0 Å². The molecule has 2 heterocycles. The van der Waals surface area contributed by atoms with Crippen LogP contribution in [-0.4, -0.2) is 10.7 Å². The van der Waals surface area contributed by atoms with Crippen LogP contribution < -0.4 is 5.43 Å². The molecule has 0 amide bonds. The maximum Gasteiger partial charge on any atom is 0.180 e. The molecule has 0 aromatic carbocycles. The molecule has 58 valence electrons. The zero-order valence-electron chi connectivity index (χ0n) is 6.24. The number of oxazole rings is 1. The van der Waals surface area contributed by atoms with Gasteiger partial charge in [0, 0.05) is 12.1 Å². The lowest BCUT2D eigenvalue weighted by molar-refractivity contribution is 0.548. The average Bonchev–Trinajstić information content (AvgIpc) is 2.55. The molecule has 1 aliphatic rings. The van der Waals surface area contributed by atoms with Gasteiger partial charge in [0.25, 0.3) is 0 Å². The summed E-state index contributed by atoms with van der Waals surface area (Å²) in [4.78, 5) is 4.03. The lowest BCUT2D eigenvalue weighted by atomic mass is 10.1. The highest BCUT2D eigenvalue weighted by molar-refractivity contribution is 5.83. The second-order valence-corrected chi connectivity index (χ2v) is 2.65. The Balaban J connectivity index is 2.11. The second-order valence-electron chi connectivity index (χ2n) is 2.65. The molecule has 0 bridgehead atoms. The van der Waals surface area contributed by atoms with Crippen LogP contribution in [-0.2, 0) is 0 Å². The fourth-order valence-corrected chi connectivity index (χ4v) is 1.14. The molecular formula is C7H9N3O. The Labute approximate surface area is 64.3 Å². The largest absolute Gasteiger partial charge is 0.451 e. The van der Waals surface area contributed by atoms with E-state index in [0.717, 1.165) is 17.8 Å². The predicted molar refractivity (Wildman–Crippen MR) is 40.1 cm³/mol. The van der Waals surface area contributed by atoms with Gasteiger partial charge in [-0.25, -0.2) is 4.98 Å². The van der Waals surface area contributed by atoms with Crippen LogP contribution in [0.25, 0.3) is 0 Å². The number of nitrogens with zero attached hydrogens (tertiary/aromatic N) is 2. The number of aromatic nitrogens is 1. The number of hydrazone groups is 1. The highest BCUT2D eigenvalue weighted by Gasteiger charge is 2.18. The van der Waals surface area contributed by atoms with Crippen LogP contribution >= 0.6 is 0 Å². The number of hydrogen-bond donors (Lipinski definition) is 1. The zero-order valence-corrected chi connectivity index (χ0v) is 6.24. The molecule has 11 heavy (non-hydrogen) atoms. The molecular weight excluding hydrogens is 142 g/mol. The second kappa shape index (κ2) is 2.38. The Kier molecular flexibility index (Phi) is 1.38. The van der Waals surface area contributed by atoms with Crippen molar-refractivity contribution < 1.29 is 4.42 Å². The summed E-state index contributed by atoms with van der Waals surface area (Å²) in [6.45, 7) is 1.99. The molecule has 4 nitrogen and oxygen atoms in total. The molecule has 4 heteroatoms. The highest BCUT2D eigenvalue weighted by atomic mass is 16.3. The predicted octanol–water partition coefficient (Wildman–Crippen LogP) is 1.08. The molecule has 1 atom stereocenters. The Morgan fingerprint density at radius 2 is 2.64 bits per heavy atom. The van der Waals surface area contributed by atoms with Crippen LogP contribution in [0.2, 0.25) is 0 Å². The number of hydrogen-bond acceptors (Lipinski definition) is 4. The Morgan fingerprint density at radius 1 is 1.73 bits per heavy atom. The van der Waals surface area contributed by atoms with Gasteiger partial charge in [-0.15, -0.1) is 0 Å². The van der Waals surface area contributed by atoms with E-state index in [0.29, 0.717) is 0 Å². The Bertz CT molecular complexity index is 265. The van der Waals surface area contributed by atoms with Gasteiger partial charge in [0.05, 0.1) is 6.04 Å². The fraction of sp³-hybridized carbons (Fsp3) is 0.429. The van der Waals surface area contributed by atoms with Crippen LogP contribution in [0.15, 0.2) is 22.2 Å². The van der Waals surface area contributed by atoms with Crippen molar-refractivity contribution in [2.45, 2.75) is 19.4 Å². The average molecular weight is 151 g/mol. The smallest absolute Gasteiger partial charge is 0.180 e. The summed E-state index contributed by atoms with van der Waals surface area (Å²) in [7, 11) is 0. The van der Waals surface area contributed by atoms with Gasteiger partial charge >= 0.3 is 0 Å². The lowest BCUT2D eigenvalue weighted by Gasteiger charge is -2.02. The Hall–Kier alpha value is -1.32. The molecule has 1 aliphatic heterocycles. The highest BCUT2D eigenvalue weighted by Crippen LogP contribution is 2.18. The maximum atomic E-state index is 4.86. The van der Waals surface area contributed by atoms with Crippen molar-refractivity contribution in [2.75, 3.05) is 0 Å². The van der Waals surface area contributed by atoms with E-state index in [1.165, 1.54) is 6.39 Å². The quantitative estimate of drug-likeness (QED) is 0.653. The van der Waals surface area contributed by atoms with Crippen molar-refractivity contribution in [2.24, 2.45) is 5.10 Å². The minimum absolute atomic E-state index is 0.216. The molecule has 0 radical (unpaired) electrons. The van der Waals surface area contributed by atoms with E-state index in [4.69, 9.17) is 4.42 Å². The van der Waals surface area contributed by atoms with Crippen LogP contribution in [0.5, 0.6) is 0 Å². The van der Waals surface area contributed by atoms with Gasteiger partial charge < -0.3 is 9.84 Å². The summed E-state index contributed by atoms with van der Waals surface area (Å²) in [5, 5.41) is 4.06. The number of nitrogens with one attached hydrogen (secondary N) is 1. The van der Waals surface area contributed by atoms with E-state index in [2.05, 4.69) is 15.5 Å². The summed E-state index contributed by atoms with van der Waals surface area (Å²) in [6, 6.07) is 0.216. The zero-order chi connectivity index (χ0) is 7.68. The lowest BCUT2D eigenvalue weighted by Crippen LogP contribution is -2.09. The summed E-state index contributed by atoms with van der Waals surface area (Å²) >= 11 is 0. The maximum absolute atomic E-state index is 4.86. The van der Waals surface area contributed by atoms with Crippen molar-refractivity contribution in [3.8, 4) is 0 Å². The summed E-state index contributed by atoms with van der Waals surface area (Å²) < 4.78 is 4.86. The van der Waals surface area contributed by atoms with Gasteiger partial charge in [-0.3, -0.25) is 0 Å². The first kappa shape index (κ1) is 6.39. The molecule has 1 unspecified atom stereocenters. The van der Waals surface area contributed by atoms with Crippen LogP contribution in [0.1, 0.15) is 25.1 Å². The van der Waals surface area contributed by atoms with Crippen molar-refractivity contribution in [3.63, 3.8) is 0 Å². The van der Waals surface area contributed by atoms with E-state index < -0.39 is 0 Å². The van der Waals surface area contributed by atoms with Gasteiger partial charge in [-0.1, -0.05) is 0 Å². The first-order chi connectivity index (χ1) is 5.36. The molecule has 0 aliphatic carbocycles. The van der Waals surface area contributed by atoms with Crippen molar-refractivity contribution in [1.82, 2.24) is 10.4 Å². The third kappa shape index (κ3) is 1.11. The monoisotopic (exact) mass is 151 g/mol. The molecule has 1 aromatic heterocycles. The van der Waals surface area contributed by atoms with Crippen molar-refractivity contribution >= 4 is 5.71 Å². The molecule has 2 rings (SSSR count). The van der Waals surface area contributed by atoms with E-state index in [-0.39, 0.29) is 6.04 Å². The topological polar surface area (TPSA) is 50.4 Å². The van der Waals surface area contributed by atoms with Crippen molar-refractivity contribution in [1.29, 1.82) is 0 Å². The van der Waals surface area contributed by atoms with Crippen LogP contribution in [0.4, 0.5) is 0 Å². The van der Waals surface area contributed by atoms with E-state index >= 15 is 0 Å². The van der Waals surface area contributed by atoms with Gasteiger partial charge in [0.1, 0.15) is 12.0 Å². The van der Waals surface area contributed by atoms with Gasteiger partial charge in [-0.2, -0.15) is 5.10 Å². The summed E-state index contributed by atoms with van der Waals surface area (Å²) in [5.74, 6) is 0. The minimum atomic E-state index is 0.216. The standard InChI is InChI=1S/C7H9N3O/c1-5-2-6(10-9-5)7-3-11-4-8-7/h3-4,6,10H,2H2,1H3. The SMILES string of the molecule is CC1=NNC(c2cocn2)C1. The molecule has 0 spiro atoms. The summed E-state index contributed by atoms with van der Waals surface area (Å²) in [6.07, 6.45) is 4.00. The third-order valence-corrected chi connectivity index (χ3v) is 1.72. The van der Waals surface area contributed by atoms with E-state index in [9.17, 15) is 0 Å². The Morgan fingerprint density at radius 3 is 3.18 bits per heavy atom. The molecule has 0 saturated carbocycles. The first-order valence-corrected chi connectivity index (χ1v) is 3.53. The van der Waals surface area contributed by atoms with Gasteiger partial charge in [0.15, 0.2) is 6.39 Å². The number of rotatable bonds is 1. The fourth-order valence-electron chi connectivity index (χ4n) is 1.14. The normalized spacial score (nSPS) is 23.0. The minimum Gasteiger partial charge on any atom is -0.451 e. The van der Waals surface area contributed by atoms with Crippen LogP contribution in [0.3, 0.4) is 0 Å². The molecule has 1 aromatic rings. The van der Waals surface area contributed by atoms with Gasteiger partial charge in [-0.05, 0) is 6.92 Å². The van der Waals surface area contributed by atoms with Gasteiger partial charge in [0.2, 0.25) is 0 Å².